The molecule has 1 amide bonds. The van der Waals surface area contributed by atoms with E-state index in [1.807, 2.05) is 0 Å². The molecule has 3 aromatic carbocycles. The summed E-state index contributed by atoms with van der Waals surface area (Å²) in [6, 6.07) is 12.4. The smallest absolute Gasteiger partial charge is 0.407 e. The minimum absolute atomic E-state index is 0.0176. The third-order valence-corrected chi connectivity index (χ3v) is 8.01. The third-order valence-electron chi connectivity index (χ3n) is 7.64. The summed E-state index contributed by atoms with van der Waals surface area (Å²) in [6.45, 7) is 5.73. The van der Waals surface area contributed by atoms with Crippen molar-refractivity contribution in [2.75, 3.05) is 26.4 Å². The summed E-state index contributed by atoms with van der Waals surface area (Å²) < 4.78 is 60.4. The van der Waals surface area contributed by atoms with E-state index in [1.54, 1.807) is 51.1 Å². The first-order valence-corrected chi connectivity index (χ1v) is 15.4. The van der Waals surface area contributed by atoms with Crippen molar-refractivity contribution in [3.63, 3.8) is 0 Å². The number of alkyl carbamates (subject to hydrolysis) is 1. The minimum Gasteiger partial charge on any atom is -0.488 e. The number of carbonyl (C=O) groups is 2. The van der Waals surface area contributed by atoms with Crippen LogP contribution in [0.25, 0.3) is 11.1 Å². The van der Waals surface area contributed by atoms with Gasteiger partial charge in [0.2, 0.25) is 0 Å². The van der Waals surface area contributed by atoms with E-state index in [9.17, 15) is 14.7 Å². The van der Waals surface area contributed by atoms with Crippen molar-refractivity contribution >= 4 is 23.7 Å². The van der Waals surface area contributed by atoms with Crippen LogP contribution in [0.15, 0.2) is 48.5 Å². The van der Waals surface area contributed by atoms with Crippen LogP contribution in [0.3, 0.4) is 0 Å². The van der Waals surface area contributed by atoms with Crippen LogP contribution in [0.5, 0.6) is 11.5 Å². The van der Waals surface area contributed by atoms with Gasteiger partial charge in [-0.25, -0.2) is 18.4 Å². The summed E-state index contributed by atoms with van der Waals surface area (Å²) in [6.07, 6.45) is 1.60. The lowest BCUT2D eigenvalue weighted by Crippen LogP contribution is -2.45. The van der Waals surface area contributed by atoms with Gasteiger partial charge in [-0.05, 0) is 57.7 Å². The lowest BCUT2D eigenvalue weighted by molar-refractivity contribution is -0.165. The number of fused-ring (bicyclic) bond motifs is 1. The Labute approximate surface area is 270 Å². The summed E-state index contributed by atoms with van der Waals surface area (Å²) >= 11 is 6.51. The van der Waals surface area contributed by atoms with E-state index in [2.05, 4.69) is 5.32 Å². The number of rotatable bonds is 10. The van der Waals surface area contributed by atoms with Crippen molar-refractivity contribution in [3.8, 4) is 22.6 Å². The summed E-state index contributed by atoms with van der Waals surface area (Å²) in [5, 5.41) is 12.3. The average molecular weight is 660 g/mol. The second-order valence-corrected chi connectivity index (χ2v) is 12.5. The van der Waals surface area contributed by atoms with Gasteiger partial charge in [-0.3, -0.25) is 0 Å². The monoisotopic (exact) mass is 659 g/mol. The van der Waals surface area contributed by atoms with Gasteiger partial charge in [0.1, 0.15) is 23.8 Å². The van der Waals surface area contributed by atoms with Crippen molar-refractivity contribution in [2.45, 2.75) is 63.9 Å². The van der Waals surface area contributed by atoms with Gasteiger partial charge in [-0.15, -0.1) is 0 Å². The van der Waals surface area contributed by atoms with E-state index < -0.39 is 51.0 Å². The van der Waals surface area contributed by atoms with Crippen molar-refractivity contribution in [1.82, 2.24) is 5.32 Å². The Kier molecular flexibility index (Phi) is 10.0. The number of ether oxygens (including phenoxy) is 5. The molecule has 2 atom stereocenters. The molecular weight excluding hydrogens is 624 g/mol. The Morgan fingerprint density at radius 1 is 1.09 bits per heavy atom. The van der Waals surface area contributed by atoms with Gasteiger partial charge in [-0.1, -0.05) is 41.9 Å². The highest BCUT2D eigenvalue weighted by Gasteiger charge is 2.45. The molecule has 0 aliphatic carbocycles. The second kappa shape index (κ2) is 13.8. The SMILES string of the molecule is CC(C)(C)OC(=O)NC[C@@]1(c2ccccc2)Cc2c(cc(F)c(Cl)c2-c2c(C(=O)O)ccc(OCCO[C@H]3CCCCO3)c2F)O1. The van der Waals surface area contributed by atoms with Gasteiger partial charge in [0.25, 0.3) is 0 Å². The number of halogens is 3. The summed E-state index contributed by atoms with van der Waals surface area (Å²) in [7, 11) is 0. The fourth-order valence-electron chi connectivity index (χ4n) is 5.60. The van der Waals surface area contributed by atoms with Crippen LogP contribution in [0, 0.1) is 11.6 Å². The van der Waals surface area contributed by atoms with E-state index in [-0.39, 0.29) is 55.1 Å². The quantitative estimate of drug-likeness (QED) is 0.219. The van der Waals surface area contributed by atoms with Crippen LogP contribution in [0.1, 0.15) is 61.5 Å². The molecule has 0 bridgehead atoms. The highest BCUT2D eigenvalue weighted by atomic mass is 35.5. The first-order valence-electron chi connectivity index (χ1n) is 15.0. The lowest BCUT2D eigenvalue weighted by Gasteiger charge is -2.30. The molecular formula is C34H36ClF2NO8. The van der Waals surface area contributed by atoms with Crippen LogP contribution in [-0.2, 0) is 26.2 Å². The lowest BCUT2D eigenvalue weighted by atomic mass is 9.85. The molecule has 5 rings (SSSR count). The average Bonchev–Trinajstić information content (AvgIpc) is 3.39. The zero-order valence-corrected chi connectivity index (χ0v) is 26.5. The number of aromatic carboxylic acids is 1. The maximum atomic E-state index is 16.3. The first kappa shape index (κ1) is 33.4. The highest BCUT2D eigenvalue weighted by Crippen LogP contribution is 2.50. The number of carboxylic acids is 1. The Morgan fingerprint density at radius 2 is 1.85 bits per heavy atom. The van der Waals surface area contributed by atoms with Crippen molar-refractivity contribution in [2.24, 2.45) is 0 Å². The van der Waals surface area contributed by atoms with Gasteiger partial charge in [0, 0.05) is 35.8 Å². The molecule has 246 valence electrons. The fraction of sp³-hybridized carbons (Fsp3) is 0.412. The van der Waals surface area contributed by atoms with Crippen LogP contribution in [0.2, 0.25) is 5.02 Å². The number of nitrogens with one attached hydrogen (secondary N) is 1. The minimum atomic E-state index is -1.45. The van der Waals surface area contributed by atoms with Crippen molar-refractivity contribution in [3.05, 3.63) is 81.9 Å². The maximum Gasteiger partial charge on any atom is 0.407 e. The molecule has 0 aromatic heterocycles. The predicted octanol–water partition coefficient (Wildman–Crippen LogP) is 7.26. The van der Waals surface area contributed by atoms with E-state index in [1.165, 1.54) is 12.1 Å². The van der Waals surface area contributed by atoms with Gasteiger partial charge < -0.3 is 34.1 Å². The van der Waals surface area contributed by atoms with Gasteiger partial charge in [0.15, 0.2) is 23.5 Å². The number of hydrogen-bond donors (Lipinski definition) is 2. The van der Waals surface area contributed by atoms with Crippen LogP contribution in [-0.4, -0.2) is 55.4 Å². The Hall–Kier alpha value is -3.93. The second-order valence-electron chi connectivity index (χ2n) is 12.1. The summed E-state index contributed by atoms with van der Waals surface area (Å²) in [5.41, 5.74) is -2.25. The highest BCUT2D eigenvalue weighted by molar-refractivity contribution is 6.34. The number of benzene rings is 3. The Morgan fingerprint density at radius 3 is 2.52 bits per heavy atom. The number of hydrogen-bond acceptors (Lipinski definition) is 7. The standard InChI is InChI=1S/C34H36ClF2NO8/c1-33(2,3)46-32(41)38-19-34(20-9-5-4-6-10-20)18-22-25(45-34)17-23(36)29(35)27(22)28-21(31(39)40)12-13-24(30(28)37)42-15-16-44-26-11-7-8-14-43-26/h4-6,9-10,12-13,17,26H,7-8,11,14-16,18-19H2,1-3H3,(H,38,41)(H,39,40)/t26-,34+/m0/s1. The van der Waals surface area contributed by atoms with Crippen LogP contribution in [0.4, 0.5) is 13.6 Å². The van der Waals surface area contributed by atoms with Gasteiger partial charge in [0.05, 0.1) is 23.7 Å². The molecule has 12 heteroatoms. The van der Waals surface area contributed by atoms with Crippen molar-refractivity contribution < 1.29 is 47.2 Å². The molecule has 3 aromatic rings. The van der Waals surface area contributed by atoms with Crippen LogP contribution >= 0.6 is 11.6 Å². The molecule has 1 saturated heterocycles. The molecule has 0 spiro atoms. The molecule has 9 nitrogen and oxygen atoms in total. The maximum absolute atomic E-state index is 16.3. The number of amides is 1. The third kappa shape index (κ3) is 7.37. The van der Waals surface area contributed by atoms with E-state index in [4.69, 9.17) is 35.3 Å². The van der Waals surface area contributed by atoms with Crippen LogP contribution < -0.4 is 14.8 Å². The zero-order valence-electron chi connectivity index (χ0n) is 25.8. The number of carboxylic acid groups (broad SMARTS) is 1. The molecule has 2 N–H and O–H groups in total. The molecule has 2 aliphatic rings. The van der Waals surface area contributed by atoms with Gasteiger partial charge >= 0.3 is 12.1 Å². The van der Waals surface area contributed by atoms with E-state index >= 15 is 8.78 Å². The zero-order chi connectivity index (χ0) is 33.1. The fourth-order valence-corrected chi connectivity index (χ4v) is 5.86. The molecule has 2 aliphatic heterocycles. The molecule has 0 radical (unpaired) electrons. The number of carbonyl (C=O) groups excluding carboxylic acids is 1. The Balaban J connectivity index is 1.51. The summed E-state index contributed by atoms with van der Waals surface area (Å²) in [4.78, 5) is 25.0. The molecule has 0 unspecified atom stereocenters. The normalized spacial score (nSPS) is 19.2. The first-order chi connectivity index (χ1) is 21.9. The Bertz CT molecular complexity index is 1590. The van der Waals surface area contributed by atoms with E-state index in [0.717, 1.165) is 25.3 Å². The molecule has 46 heavy (non-hydrogen) atoms. The largest absolute Gasteiger partial charge is 0.488 e. The topological polar surface area (TPSA) is 113 Å². The predicted molar refractivity (Wildman–Crippen MR) is 165 cm³/mol. The van der Waals surface area contributed by atoms with Crippen molar-refractivity contribution in [1.29, 1.82) is 0 Å². The molecule has 2 heterocycles. The molecule has 0 saturated carbocycles. The van der Waals surface area contributed by atoms with E-state index in [0.29, 0.717) is 12.2 Å². The summed E-state index contributed by atoms with van der Waals surface area (Å²) in [5.74, 6) is -3.67. The molecule has 1 fully saturated rings. The van der Waals surface area contributed by atoms with Gasteiger partial charge in [-0.2, -0.15) is 0 Å².